The van der Waals surface area contributed by atoms with Crippen molar-refractivity contribution in [1.29, 1.82) is 0 Å². The minimum absolute atomic E-state index is 0.473. The number of rotatable bonds is 2. The quantitative estimate of drug-likeness (QED) is 0.460. The smallest absolute Gasteiger partial charge is 0.438 e. The van der Waals surface area contributed by atoms with Gasteiger partial charge in [0.25, 0.3) is 0 Å². The van der Waals surface area contributed by atoms with Crippen LogP contribution in [0.4, 0.5) is 4.79 Å². The van der Waals surface area contributed by atoms with E-state index in [9.17, 15) is 15.0 Å². The topological polar surface area (TPSA) is 105 Å². The fraction of sp³-hybridized carbons (Fsp3) is 0.857. The van der Waals surface area contributed by atoms with Crippen molar-refractivity contribution in [2.75, 3.05) is 13.7 Å². The molecule has 7 nitrogen and oxygen atoms in total. The first-order chi connectivity index (χ1) is 6.60. The molecule has 0 aromatic heterocycles. The van der Waals surface area contributed by atoms with Gasteiger partial charge in [0.1, 0.15) is 18.3 Å². The molecule has 0 saturated carbocycles. The first-order valence-corrected chi connectivity index (χ1v) is 3.97. The Bertz CT molecular complexity index is 206. The number of carbonyl (C=O) groups excluding carboxylic acids is 1. The number of methoxy groups -OCH3 is 1. The van der Waals surface area contributed by atoms with Gasteiger partial charge < -0.3 is 29.5 Å². The number of aliphatic hydroxyl groups excluding tert-OH is 3. The third-order valence-electron chi connectivity index (χ3n) is 1.88. The molecule has 14 heavy (non-hydrogen) atoms. The average Bonchev–Trinajstić information content (AvgIpc) is 2.45. The zero-order valence-electron chi connectivity index (χ0n) is 7.49. The minimum Gasteiger partial charge on any atom is -0.438 e. The minimum atomic E-state index is -1.38. The Morgan fingerprint density at radius 2 is 2.07 bits per heavy atom. The summed E-state index contributed by atoms with van der Waals surface area (Å²) in [5.41, 5.74) is 0. The second-order valence-corrected chi connectivity index (χ2v) is 2.78. The molecule has 1 saturated heterocycles. The van der Waals surface area contributed by atoms with Crippen molar-refractivity contribution in [3.05, 3.63) is 0 Å². The van der Waals surface area contributed by atoms with Crippen LogP contribution in [0.2, 0.25) is 0 Å². The molecule has 0 amide bonds. The second kappa shape index (κ2) is 4.56. The van der Waals surface area contributed by atoms with E-state index < -0.39 is 37.4 Å². The van der Waals surface area contributed by atoms with Gasteiger partial charge in [-0.1, -0.05) is 0 Å². The molecule has 0 spiro atoms. The predicted molar refractivity (Wildman–Crippen MR) is 41.3 cm³/mol. The molecule has 1 rings (SSSR count). The van der Waals surface area contributed by atoms with Gasteiger partial charge in [0.2, 0.25) is 6.29 Å². The van der Waals surface area contributed by atoms with E-state index in [-0.39, 0.29) is 0 Å². The van der Waals surface area contributed by atoms with Crippen LogP contribution in [-0.2, 0) is 14.2 Å². The summed E-state index contributed by atoms with van der Waals surface area (Å²) in [6.07, 6.45) is -5.96. The summed E-state index contributed by atoms with van der Waals surface area (Å²) in [6, 6.07) is 0. The molecule has 82 valence electrons. The molecule has 0 aromatic carbocycles. The van der Waals surface area contributed by atoms with Crippen molar-refractivity contribution in [1.82, 2.24) is 0 Å². The van der Waals surface area contributed by atoms with Gasteiger partial charge in [-0.3, -0.25) is 0 Å². The van der Waals surface area contributed by atoms with Crippen molar-refractivity contribution >= 4 is 6.16 Å². The maximum atomic E-state index is 10.6. The third kappa shape index (κ3) is 2.13. The van der Waals surface area contributed by atoms with E-state index in [1.54, 1.807) is 0 Å². The maximum absolute atomic E-state index is 10.6. The first-order valence-electron chi connectivity index (χ1n) is 3.97. The summed E-state index contributed by atoms with van der Waals surface area (Å²) in [5, 5.41) is 27.2. The summed E-state index contributed by atoms with van der Waals surface area (Å²) in [6.45, 7) is -0.473. The number of hydrogen-bond donors (Lipinski definition) is 3. The van der Waals surface area contributed by atoms with Gasteiger partial charge in [-0.05, 0) is 0 Å². The van der Waals surface area contributed by atoms with Crippen molar-refractivity contribution in [2.24, 2.45) is 0 Å². The van der Waals surface area contributed by atoms with Gasteiger partial charge in [-0.2, -0.15) is 0 Å². The fourth-order valence-corrected chi connectivity index (χ4v) is 1.11. The Labute approximate surface area is 79.8 Å². The van der Waals surface area contributed by atoms with E-state index in [0.717, 1.165) is 7.11 Å². The number of aliphatic hydroxyl groups is 3. The normalized spacial score (nSPS) is 36.9. The monoisotopic (exact) mass is 208 g/mol. The third-order valence-corrected chi connectivity index (χ3v) is 1.88. The van der Waals surface area contributed by atoms with Crippen LogP contribution in [0, 0.1) is 0 Å². The fourth-order valence-electron chi connectivity index (χ4n) is 1.11. The van der Waals surface area contributed by atoms with Crippen molar-refractivity contribution in [3.63, 3.8) is 0 Å². The molecule has 0 aliphatic carbocycles. The zero-order valence-corrected chi connectivity index (χ0v) is 7.49. The second-order valence-electron chi connectivity index (χ2n) is 2.78. The molecule has 0 aromatic rings. The molecule has 1 heterocycles. The maximum Gasteiger partial charge on any atom is 0.510 e. The average molecular weight is 208 g/mol. The molecule has 7 heteroatoms. The molecular formula is C7H12O7. The van der Waals surface area contributed by atoms with E-state index in [1.165, 1.54) is 0 Å². The van der Waals surface area contributed by atoms with Gasteiger partial charge in [0.15, 0.2) is 0 Å². The van der Waals surface area contributed by atoms with Crippen LogP contribution in [-0.4, -0.2) is 59.8 Å². The molecule has 3 N–H and O–H groups in total. The zero-order chi connectivity index (χ0) is 10.7. The van der Waals surface area contributed by atoms with Crippen LogP contribution in [0.5, 0.6) is 0 Å². The van der Waals surface area contributed by atoms with Gasteiger partial charge in [0, 0.05) is 0 Å². The molecule has 4 atom stereocenters. The summed E-state index contributed by atoms with van der Waals surface area (Å²) in [5.74, 6) is 0. The van der Waals surface area contributed by atoms with Crippen LogP contribution in [0.1, 0.15) is 0 Å². The Kier molecular flexibility index (Phi) is 3.64. The van der Waals surface area contributed by atoms with Gasteiger partial charge in [-0.15, -0.1) is 0 Å². The van der Waals surface area contributed by atoms with Gasteiger partial charge in [-0.25, -0.2) is 4.79 Å². The van der Waals surface area contributed by atoms with Crippen molar-refractivity contribution in [3.8, 4) is 0 Å². The molecule has 0 bridgehead atoms. The lowest BCUT2D eigenvalue weighted by molar-refractivity contribution is -0.147. The number of hydrogen-bond acceptors (Lipinski definition) is 7. The van der Waals surface area contributed by atoms with Crippen LogP contribution in [0.15, 0.2) is 0 Å². The van der Waals surface area contributed by atoms with Crippen molar-refractivity contribution in [2.45, 2.75) is 24.6 Å². The Balaban J connectivity index is 2.52. The highest BCUT2D eigenvalue weighted by Crippen LogP contribution is 2.22. The summed E-state index contributed by atoms with van der Waals surface area (Å²) >= 11 is 0. The van der Waals surface area contributed by atoms with Crippen molar-refractivity contribution < 1.29 is 34.3 Å². The summed E-state index contributed by atoms with van der Waals surface area (Å²) in [7, 11) is 1.10. The number of carbonyl (C=O) groups is 1. The Morgan fingerprint density at radius 3 is 2.50 bits per heavy atom. The van der Waals surface area contributed by atoms with Crippen LogP contribution < -0.4 is 0 Å². The molecule has 1 fully saturated rings. The predicted octanol–water partition coefficient (Wildman–Crippen LogP) is -1.79. The largest absolute Gasteiger partial charge is 0.510 e. The molecule has 1 aliphatic rings. The summed E-state index contributed by atoms with van der Waals surface area (Å²) in [4.78, 5) is 10.6. The standard InChI is InChI=1S/C7H12O7/c1-12-7(11)14-6-5(10)4(9)3(2-8)13-6/h3-6,8-10H,2H2,1H3/t3-,4+,5-,6?/m1/s1. The lowest BCUT2D eigenvalue weighted by Crippen LogP contribution is -2.35. The lowest BCUT2D eigenvalue weighted by atomic mass is 10.1. The van der Waals surface area contributed by atoms with E-state index in [4.69, 9.17) is 9.84 Å². The number of ether oxygens (including phenoxy) is 3. The molecular weight excluding hydrogens is 196 g/mol. The first kappa shape index (κ1) is 11.2. The Hall–Kier alpha value is -0.890. The highest BCUT2D eigenvalue weighted by Gasteiger charge is 2.44. The molecule has 0 radical (unpaired) electrons. The van der Waals surface area contributed by atoms with E-state index in [2.05, 4.69) is 9.47 Å². The SMILES string of the molecule is COC(=O)OC1O[C@H](CO)[C@H](O)[C@H]1O. The highest BCUT2D eigenvalue weighted by molar-refractivity contribution is 5.59. The molecule has 1 aliphatic heterocycles. The van der Waals surface area contributed by atoms with Crippen LogP contribution >= 0.6 is 0 Å². The van der Waals surface area contributed by atoms with Crippen LogP contribution in [0.3, 0.4) is 0 Å². The van der Waals surface area contributed by atoms with E-state index >= 15 is 0 Å². The van der Waals surface area contributed by atoms with Gasteiger partial charge in [0.05, 0.1) is 13.7 Å². The lowest BCUT2D eigenvalue weighted by Gasteiger charge is -2.13. The Morgan fingerprint density at radius 1 is 1.43 bits per heavy atom. The van der Waals surface area contributed by atoms with Gasteiger partial charge >= 0.3 is 6.16 Å². The van der Waals surface area contributed by atoms with E-state index in [0.29, 0.717) is 0 Å². The van der Waals surface area contributed by atoms with Crippen LogP contribution in [0.25, 0.3) is 0 Å². The highest BCUT2D eigenvalue weighted by atomic mass is 16.8. The van der Waals surface area contributed by atoms with E-state index in [1.807, 2.05) is 0 Å². The molecule has 1 unspecified atom stereocenters. The summed E-state index contributed by atoms with van der Waals surface area (Å²) < 4.78 is 13.5.